The second-order valence-electron chi connectivity index (χ2n) is 9.46. The summed E-state index contributed by atoms with van der Waals surface area (Å²) in [7, 11) is 0. The van der Waals surface area contributed by atoms with Gasteiger partial charge in [0, 0.05) is 42.2 Å². The minimum Gasteiger partial charge on any atom is -0.359 e. The number of amides is 1. The molecule has 0 unspecified atom stereocenters. The van der Waals surface area contributed by atoms with E-state index in [0.29, 0.717) is 17.9 Å². The van der Waals surface area contributed by atoms with E-state index < -0.39 is 0 Å². The van der Waals surface area contributed by atoms with Gasteiger partial charge in [-0.3, -0.25) is 14.5 Å². The number of nitrogens with one attached hydrogen (secondary N) is 1. The Morgan fingerprint density at radius 2 is 1.87 bits per heavy atom. The van der Waals surface area contributed by atoms with Crippen LogP contribution >= 0.6 is 0 Å². The quantitative estimate of drug-likeness (QED) is 0.185. The van der Waals surface area contributed by atoms with Crippen LogP contribution in [0.4, 0.5) is 4.39 Å². The minimum atomic E-state index is -0.166. The number of rotatable bonds is 10. The lowest BCUT2D eigenvalue weighted by Crippen LogP contribution is -2.12. The zero-order valence-corrected chi connectivity index (χ0v) is 25.6. The van der Waals surface area contributed by atoms with E-state index in [4.69, 9.17) is 5.10 Å². The molecule has 0 spiro atoms. The van der Waals surface area contributed by atoms with Crippen molar-refractivity contribution < 1.29 is 9.18 Å². The predicted octanol–water partition coefficient (Wildman–Crippen LogP) is 9.18. The van der Waals surface area contributed by atoms with Crippen LogP contribution in [-0.2, 0) is 11.3 Å². The summed E-state index contributed by atoms with van der Waals surface area (Å²) in [6.45, 7) is 19.3. The van der Waals surface area contributed by atoms with Gasteiger partial charge in [0.05, 0.1) is 5.69 Å². The number of aliphatic imine (C=N–C) groups is 1. The van der Waals surface area contributed by atoms with Crippen molar-refractivity contribution in [2.75, 3.05) is 6.54 Å². The highest BCUT2D eigenvalue weighted by Crippen LogP contribution is 2.35. The van der Waals surface area contributed by atoms with Crippen molar-refractivity contribution in [1.29, 1.82) is 0 Å². The second kappa shape index (κ2) is 22.9. The Bertz CT molecular complexity index is 988. The monoisotopic (exact) mass is 540 g/mol. The molecule has 0 atom stereocenters. The number of benzene rings is 1. The third-order valence-corrected chi connectivity index (χ3v) is 6.01. The normalized spacial score (nSPS) is 13.0. The third kappa shape index (κ3) is 15.2. The minimum absolute atomic E-state index is 0.166. The molecule has 39 heavy (non-hydrogen) atoms. The molecule has 0 radical (unpaired) electrons. The molecular weight excluding hydrogens is 487 g/mol. The Kier molecular flexibility index (Phi) is 21.1. The number of unbranched alkanes of at least 4 members (excludes halogenated alkanes) is 1. The number of nitrogens with zero attached hydrogens (tertiary/aromatic N) is 3. The maximum Gasteiger partial charge on any atom is 0.207 e. The van der Waals surface area contributed by atoms with E-state index in [-0.39, 0.29) is 5.82 Å². The van der Waals surface area contributed by atoms with Crippen LogP contribution in [0, 0.1) is 12.7 Å². The summed E-state index contributed by atoms with van der Waals surface area (Å²) in [5, 5.41) is 7.28. The Hall–Kier alpha value is -3.02. The molecule has 0 saturated heterocycles. The number of aryl methyl sites for hydroxylation is 2. The van der Waals surface area contributed by atoms with Crippen LogP contribution in [0.5, 0.6) is 0 Å². The maximum absolute atomic E-state index is 14.3. The van der Waals surface area contributed by atoms with Crippen LogP contribution in [0.15, 0.2) is 53.7 Å². The van der Waals surface area contributed by atoms with Crippen molar-refractivity contribution in [2.45, 2.75) is 112 Å². The summed E-state index contributed by atoms with van der Waals surface area (Å²) in [5.41, 5.74) is 4.52. The lowest BCUT2D eigenvalue weighted by atomic mass is 9.86. The zero-order chi connectivity index (χ0) is 29.5. The topological polar surface area (TPSA) is 59.3 Å². The van der Waals surface area contributed by atoms with E-state index in [0.717, 1.165) is 49.3 Å². The highest BCUT2D eigenvalue weighted by atomic mass is 19.1. The van der Waals surface area contributed by atoms with Gasteiger partial charge in [0.15, 0.2) is 0 Å². The van der Waals surface area contributed by atoms with Gasteiger partial charge < -0.3 is 5.32 Å². The average molecular weight is 541 g/mol. The standard InChI is InChI=1S/C20H27FN2.C7H11N.C4H9NO.C2H6/c1-3-4-12-23-20(16-8-6-5-7-9-16)14-19(22-23)17-11-10-15(2)13-18(17)21;1-4-5-6-8-7(2)3;1-2-3-5-4-6;1-2/h10-11,13-14,16H,3-9,12H2,1-2H3;4-6H,2H2,1,3H3;4H,2-3H2,1H3,(H,5,6);1-2H3/b;5-4-,8-6?;;. The van der Waals surface area contributed by atoms with Gasteiger partial charge >= 0.3 is 0 Å². The molecule has 218 valence electrons. The number of carbonyl (C=O) groups excluding carboxylic acids is 1. The molecule has 1 aliphatic rings. The Morgan fingerprint density at radius 3 is 2.38 bits per heavy atom. The molecule has 1 aliphatic carbocycles. The highest BCUT2D eigenvalue weighted by molar-refractivity contribution is 5.71. The number of hydrogen-bond acceptors (Lipinski definition) is 3. The molecule has 0 bridgehead atoms. The van der Waals surface area contributed by atoms with E-state index in [1.165, 1.54) is 37.8 Å². The first-order chi connectivity index (χ1) is 18.9. The summed E-state index contributed by atoms with van der Waals surface area (Å²) in [4.78, 5) is 13.4. The molecule has 1 N–H and O–H groups in total. The Balaban J connectivity index is 0.000000747. The number of carbonyl (C=O) groups is 1. The van der Waals surface area contributed by atoms with Crippen LogP contribution in [0.25, 0.3) is 11.3 Å². The van der Waals surface area contributed by atoms with Crippen molar-refractivity contribution in [3.63, 3.8) is 0 Å². The maximum atomic E-state index is 14.3. The van der Waals surface area contributed by atoms with Crippen molar-refractivity contribution in [1.82, 2.24) is 15.1 Å². The Labute approximate surface area is 237 Å². The van der Waals surface area contributed by atoms with Crippen molar-refractivity contribution in [3.05, 3.63) is 65.8 Å². The summed E-state index contributed by atoms with van der Waals surface area (Å²) < 4.78 is 16.5. The van der Waals surface area contributed by atoms with Gasteiger partial charge in [-0.05, 0) is 76.3 Å². The van der Waals surface area contributed by atoms with Crippen LogP contribution in [0.2, 0.25) is 0 Å². The van der Waals surface area contributed by atoms with Gasteiger partial charge in [-0.25, -0.2) is 4.39 Å². The molecule has 1 aromatic carbocycles. The second-order valence-corrected chi connectivity index (χ2v) is 9.46. The Morgan fingerprint density at radius 1 is 1.18 bits per heavy atom. The van der Waals surface area contributed by atoms with Crippen molar-refractivity contribution in [2.24, 2.45) is 4.99 Å². The molecule has 0 aliphatic heterocycles. The first-order valence-electron chi connectivity index (χ1n) is 14.7. The van der Waals surface area contributed by atoms with Crippen molar-refractivity contribution >= 4 is 12.6 Å². The summed E-state index contributed by atoms with van der Waals surface area (Å²) in [6.07, 6.45) is 16.0. The van der Waals surface area contributed by atoms with E-state index in [2.05, 4.69) is 34.6 Å². The molecule has 5 nitrogen and oxygen atoms in total. The first-order valence-corrected chi connectivity index (χ1v) is 14.7. The summed E-state index contributed by atoms with van der Waals surface area (Å²) in [5.74, 6) is 0.427. The SMILES string of the molecule is C=C(C)N=C/C=C\C.CC.CCCCn1nc(-c2ccc(C)cc2F)cc1C1CCCCC1.CCCNC=O. The van der Waals surface area contributed by atoms with E-state index in [1.54, 1.807) is 12.3 Å². The molecule has 1 aromatic heterocycles. The number of halogens is 1. The first kappa shape index (κ1) is 36.0. The molecule has 2 aromatic rings. The lowest BCUT2D eigenvalue weighted by molar-refractivity contribution is -0.109. The largest absolute Gasteiger partial charge is 0.359 e. The number of allylic oxidation sites excluding steroid dienone is 3. The molecule has 1 saturated carbocycles. The van der Waals surface area contributed by atoms with E-state index in [9.17, 15) is 9.18 Å². The van der Waals surface area contributed by atoms with Crippen LogP contribution < -0.4 is 5.32 Å². The molecular formula is C33H53FN4O. The van der Waals surface area contributed by atoms with Gasteiger partial charge in [-0.1, -0.05) is 72.1 Å². The van der Waals surface area contributed by atoms with Gasteiger partial charge in [-0.15, -0.1) is 0 Å². The van der Waals surface area contributed by atoms with Gasteiger partial charge in [0.1, 0.15) is 5.82 Å². The number of hydrogen-bond donors (Lipinski definition) is 1. The fourth-order valence-electron chi connectivity index (χ4n) is 4.06. The average Bonchev–Trinajstić information content (AvgIpc) is 3.37. The van der Waals surface area contributed by atoms with Gasteiger partial charge in [0.2, 0.25) is 6.41 Å². The zero-order valence-electron chi connectivity index (χ0n) is 25.6. The van der Waals surface area contributed by atoms with Gasteiger partial charge in [-0.2, -0.15) is 5.10 Å². The van der Waals surface area contributed by atoms with E-state index in [1.807, 2.05) is 65.8 Å². The molecule has 6 heteroatoms. The fraction of sp³-hybridized carbons (Fsp3) is 0.545. The molecule has 1 heterocycles. The molecule has 1 amide bonds. The number of aromatic nitrogens is 2. The van der Waals surface area contributed by atoms with Crippen LogP contribution in [0.1, 0.15) is 110 Å². The molecule has 1 fully saturated rings. The van der Waals surface area contributed by atoms with Gasteiger partial charge in [0.25, 0.3) is 0 Å². The predicted molar refractivity (Wildman–Crippen MR) is 167 cm³/mol. The molecule has 3 rings (SSSR count). The summed E-state index contributed by atoms with van der Waals surface area (Å²) >= 11 is 0. The third-order valence-electron chi connectivity index (χ3n) is 6.01. The highest BCUT2D eigenvalue weighted by Gasteiger charge is 2.22. The summed E-state index contributed by atoms with van der Waals surface area (Å²) in [6, 6.07) is 7.56. The van der Waals surface area contributed by atoms with Crippen LogP contribution in [-0.4, -0.2) is 28.9 Å². The van der Waals surface area contributed by atoms with E-state index >= 15 is 0 Å². The fourth-order valence-corrected chi connectivity index (χ4v) is 4.06. The smallest absolute Gasteiger partial charge is 0.207 e. The van der Waals surface area contributed by atoms with Crippen LogP contribution in [0.3, 0.4) is 0 Å². The van der Waals surface area contributed by atoms with Crippen molar-refractivity contribution in [3.8, 4) is 11.3 Å². The lowest BCUT2D eigenvalue weighted by Gasteiger charge is -2.22.